The zero-order chi connectivity index (χ0) is 14.5. The van der Waals surface area contributed by atoms with Gasteiger partial charge in [-0.2, -0.15) is 9.78 Å². The summed E-state index contributed by atoms with van der Waals surface area (Å²) in [6, 6.07) is 0. The van der Waals surface area contributed by atoms with Crippen LogP contribution in [0.25, 0.3) is 17.0 Å². The zero-order valence-corrected chi connectivity index (χ0v) is 12.1. The third-order valence-corrected chi connectivity index (χ3v) is 3.35. The number of anilines is 1. The maximum atomic E-state index is 6.30. The van der Waals surface area contributed by atoms with Crippen molar-refractivity contribution in [1.29, 1.82) is 0 Å². The van der Waals surface area contributed by atoms with E-state index in [1.54, 1.807) is 6.33 Å². The molecule has 3 aromatic heterocycles. The van der Waals surface area contributed by atoms with Crippen molar-refractivity contribution in [2.24, 2.45) is 0 Å². The predicted molar refractivity (Wildman–Crippen MR) is 76.9 cm³/mol. The Hall–Kier alpha value is -2.15. The molecule has 0 radical (unpaired) electrons. The molecule has 3 aromatic rings. The smallest absolute Gasteiger partial charge is 0.184 e. The largest absolute Gasteiger partial charge is 0.382 e. The van der Waals surface area contributed by atoms with Crippen LogP contribution in [-0.4, -0.2) is 29.7 Å². The molecule has 0 amide bonds. The lowest BCUT2D eigenvalue weighted by molar-refractivity contribution is 0.560. The topological polar surface area (TPSA) is 98.3 Å². The Labute approximate surface area is 120 Å². The molecule has 0 saturated carbocycles. The van der Waals surface area contributed by atoms with Crippen molar-refractivity contribution in [1.82, 2.24) is 29.7 Å². The van der Waals surface area contributed by atoms with E-state index in [1.807, 2.05) is 20.8 Å². The fourth-order valence-corrected chi connectivity index (χ4v) is 2.37. The van der Waals surface area contributed by atoms with Gasteiger partial charge in [0.1, 0.15) is 22.7 Å². The molecule has 3 N–H and O–H groups in total. The number of nitrogens with one attached hydrogen (secondary N) is 1. The molecule has 0 aliphatic rings. The summed E-state index contributed by atoms with van der Waals surface area (Å²) < 4.78 is 1.52. The third-order valence-electron chi connectivity index (χ3n) is 2.97. The second kappa shape index (κ2) is 4.17. The lowest BCUT2D eigenvalue weighted by Gasteiger charge is -2.15. The van der Waals surface area contributed by atoms with Crippen LogP contribution in [0.4, 0.5) is 5.82 Å². The Bertz CT molecular complexity index is 781. The van der Waals surface area contributed by atoms with Crippen LogP contribution in [0.2, 0.25) is 5.02 Å². The predicted octanol–water partition coefficient (Wildman–Crippen LogP) is 2.07. The van der Waals surface area contributed by atoms with Crippen LogP contribution in [0.15, 0.2) is 12.7 Å². The highest BCUT2D eigenvalue weighted by Gasteiger charge is 2.26. The van der Waals surface area contributed by atoms with E-state index in [-0.39, 0.29) is 5.41 Å². The van der Waals surface area contributed by atoms with Gasteiger partial charge in [-0.1, -0.05) is 32.4 Å². The normalized spacial score (nSPS) is 12.2. The van der Waals surface area contributed by atoms with E-state index in [0.29, 0.717) is 27.8 Å². The van der Waals surface area contributed by atoms with Gasteiger partial charge in [-0.3, -0.25) is 0 Å². The second-order valence-electron chi connectivity index (χ2n) is 5.51. The number of hydrogen-bond donors (Lipinski definition) is 2. The summed E-state index contributed by atoms with van der Waals surface area (Å²) in [6.45, 7) is 6.07. The van der Waals surface area contributed by atoms with Crippen molar-refractivity contribution in [2.75, 3.05) is 5.73 Å². The number of aromatic nitrogens is 6. The van der Waals surface area contributed by atoms with Gasteiger partial charge in [0.2, 0.25) is 0 Å². The Balaban J connectivity index is 2.28. The van der Waals surface area contributed by atoms with Gasteiger partial charge < -0.3 is 10.7 Å². The van der Waals surface area contributed by atoms with E-state index in [0.717, 1.165) is 5.69 Å². The number of nitrogen functional groups attached to an aromatic ring is 1. The third kappa shape index (κ3) is 1.82. The highest BCUT2D eigenvalue weighted by Crippen LogP contribution is 2.34. The van der Waals surface area contributed by atoms with Crippen LogP contribution in [0, 0.1) is 0 Å². The quantitative estimate of drug-likeness (QED) is 0.715. The molecule has 0 unspecified atom stereocenters. The minimum atomic E-state index is -0.212. The van der Waals surface area contributed by atoms with Crippen molar-refractivity contribution >= 4 is 28.6 Å². The van der Waals surface area contributed by atoms with Gasteiger partial charge in [-0.05, 0) is 0 Å². The number of nitrogens with two attached hydrogens (primary N) is 1. The van der Waals surface area contributed by atoms with Gasteiger partial charge in [-0.15, -0.1) is 0 Å². The molecule has 0 atom stereocenters. The molecule has 0 aromatic carbocycles. The first-order valence-electron chi connectivity index (χ1n) is 6.08. The number of aromatic amines is 1. The highest BCUT2D eigenvalue weighted by atomic mass is 35.5. The molecule has 3 rings (SSSR count). The maximum Gasteiger partial charge on any atom is 0.184 e. The fraction of sp³-hybridized carbons (Fsp3) is 0.333. The number of nitrogens with zero attached hydrogens (tertiary/aromatic N) is 5. The summed E-state index contributed by atoms with van der Waals surface area (Å²) in [4.78, 5) is 15.4. The van der Waals surface area contributed by atoms with Gasteiger partial charge in [0.25, 0.3) is 0 Å². The molecule has 0 fully saturated rings. The molecule has 104 valence electrons. The number of rotatable bonds is 1. The summed E-state index contributed by atoms with van der Waals surface area (Å²) >= 11 is 6.30. The number of fused-ring (bicyclic) bond motifs is 1. The molecule has 7 nitrogen and oxygen atoms in total. The fourth-order valence-electron chi connectivity index (χ4n) is 1.97. The first kappa shape index (κ1) is 12.9. The van der Waals surface area contributed by atoms with Crippen LogP contribution in [0.1, 0.15) is 26.5 Å². The summed E-state index contributed by atoms with van der Waals surface area (Å²) in [5, 5.41) is 4.95. The Morgan fingerprint density at radius 2 is 2.00 bits per heavy atom. The van der Waals surface area contributed by atoms with E-state index in [1.165, 1.54) is 11.0 Å². The van der Waals surface area contributed by atoms with Gasteiger partial charge in [0, 0.05) is 5.41 Å². The number of imidazole rings is 1. The van der Waals surface area contributed by atoms with E-state index in [4.69, 9.17) is 17.3 Å². The Morgan fingerprint density at radius 3 is 2.65 bits per heavy atom. The first-order chi connectivity index (χ1) is 9.39. The lowest BCUT2D eigenvalue weighted by atomic mass is 9.92. The number of hydrogen-bond acceptors (Lipinski definition) is 5. The van der Waals surface area contributed by atoms with Crippen LogP contribution in [0.5, 0.6) is 0 Å². The van der Waals surface area contributed by atoms with Crippen LogP contribution >= 0.6 is 11.6 Å². The van der Waals surface area contributed by atoms with E-state index in [2.05, 4.69) is 25.0 Å². The Morgan fingerprint density at radius 1 is 1.25 bits per heavy atom. The van der Waals surface area contributed by atoms with Gasteiger partial charge in [0.05, 0.1) is 12.0 Å². The first-order valence-corrected chi connectivity index (χ1v) is 6.46. The number of H-pyrrole nitrogens is 1. The van der Waals surface area contributed by atoms with Crippen molar-refractivity contribution in [3.8, 4) is 5.82 Å². The molecule has 0 saturated heterocycles. The Kier molecular flexibility index (Phi) is 2.68. The second-order valence-corrected chi connectivity index (χ2v) is 5.89. The summed E-state index contributed by atoms with van der Waals surface area (Å²) in [7, 11) is 0. The standard InChI is InChI=1S/C12H14ClN7/c1-12(2,3)8-6(13)9(14)20(19-8)11-7-10(16-4-15-7)17-5-18-11/h4-5H,14H2,1-3H3,(H,15,16,17,18). The molecule has 3 heterocycles. The maximum absolute atomic E-state index is 6.30. The van der Waals surface area contributed by atoms with Gasteiger partial charge >= 0.3 is 0 Å². The highest BCUT2D eigenvalue weighted by molar-refractivity contribution is 6.33. The van der Waals surface area contributed by atoms with E-state index >= 15 is 0 Å². The summed E-state index contributed by atoms with van der Waals surface area (Å²) in [6.07, 6.45) is 2.97. The lowest BCUT2D eigenvalue weighted by Crippen LogP contribution is -2.13. The van der Waals surface area contributed by atoms with Crippen LogP contribution in [0.3, 0.4) is 0 Å². The van der Waals surface area contributed by atoms with Crippen molar-refractivity contribution < 1.29 is 0 Å². The molecule has 0 bridgehead atoms. The molecule has 0 aliphatic heterocycles. The van der Waals surface area contributed by atoms with Crippen LogP contribution in [-0.2, 0) is 5.41 Å². The molecule has 0 aliphatic carbocycles. The average molecular weight is 292 g/mol. The molecular formula is C12H14ClN7. The van der Waals surface area contributed by atoms with Gasteiger partial charge in [0.15, 0.2) is 11.5 Å². The summed E-state index contributed by atoms with van der Waals surface area (Å²) in [5.74, 6) is 0.883. The molecular weight excluding hydrogens is 278 g/mol. The van der Waals surface area contributed by atoms with E-state index < -0.39 is 0 Å². The molecule has 20 heavy (non-hydrogen) atoms. The molecule has 0 spiro atoms. The monoisotopic (exact) mass is 291 g/mol. The van der Waals surface area contributed by atoms with Crippen molar-refractivity contribution in [2.45, 2.75) is 26.2 Å². The zero-order valence-electron chi connectivity index (χ0n) is 11.3. The molecule has 8 heteroatoms. The average Bonchev–Trinajstić information content (AvgIpc) is 2.95. The minimum absolute atomic E-state index is 0.212. The van der Waals surface area contributed by atoms with E-state index in [9.17, 15) is 0 Å². The summed E-state index contributed by atoms with van der Waals surface area (Å²) in [5.41, 5.74) is 7.80. The number of halogens is 1. The van der Waals surface area contributed by atoms with Crippen molar-refractivity contribution in [3.63, 3.8) is 0 Å². The van der Waals surface area contributed by atoms with Gasteiger partial charge in [-0.25, -0.2) is 15.0 Å². The van der Waals surface area contributed by atoms with Crippen molar-refractivity contribution in [3.05, 3.63) is 23.4 Å². The SMILES string of the molecule is CC(C)(C)c1nn(-c2ncnc3nc[nH]c23)c(N)c1Cl. The van der Waals surface area contributed by atoms with Crippen LogP contribution < -0.4 is 5.73 Å². The minimum Gasteiger partial charge on any atom is -0.382 e.